The fourth-order valence-electron chi connectivity index (χ4n) is 3.41. The Labute approximate surface area is 123 Å². The number of nitrogens with zero attached hydrogens (tertiary/aromatic N) is 2. The highest BCUT2D eigenvalue weighted by atomic mass is 16.5. The van der Waals surface area contributed by atoms with Gasteiger partial charge in [0.1, 0.15) is 5.82 Å². The number of hydrogen-bond acceptors (Lipinski definition) is 4. The van der Waals surface area contributed by atoms with Crippen LogP contribution in [0.4, 0.5) is 0 Å². The predicted molar refractivity (Wildman–Crippen MR) is 74.3 cm³/mol. The number of ether oxygens (including phenoxy) is 1. The summed E-state index contributed by atoms with van der Waals surface area (Å²) in [6.07, 6.45) is 4.24. The summed E-state index contributed by atoms with van der Waals surface area (Å²) >= 11 is 0. The van der Waals surface area contributed by atoms with E-state index in [1.807, 2.05) is 0 Å². The van der Waals surface area contributed by atoms with Gasteiger partial charge in [-0.05, 0) is 6.42 Å². The number of imidazole rings is 1. The van der Waals surface area contributed by atoms with Crippen LogP contribution in [0.1, 0.15) is 12.2 Å². The number of carbonyl (C=O) groups excluding carboxylic acids is 2. The minimum Gasteiger partial charge on any atom is -0.381 e. The maximum absolute atomic E-state index is 12.4. The zero-order chi connectivity index (χ0) is 14.9. The van der Waals surface area contributed by atoms with Crippen molar-refractivity contribution in [1.82, 2.24) is 20.2 Å². The third kappa shape index (κ3) is 2.42. The number of H-pyrrole nitrogens is 1. The quantitative estimate of drug-likeness (QED) is 0.791. The molecule has 7 heteroatoms. The first-order valence-corrected chi connectivity index (χ1v) is 7.21. The number of fused-ring (bicyclic) bond motifs is 1. The molecule has 7 nitrogen and oxygen atoms in total. The van der Waals surface area contributed by atoms with Crippen molar-refractivity contribution in [2.24, 2.45) is 11.3 Å². The van der Waals surface area contributed by atoms with Gasteiger partial charge in [0.2, 0.25) is 11.8 Å². The van der Waals surface area contributed by atoms with Crippen LogP contribution in [-0.4, -0.2) is 60.0 Å². The first-order valence-electron chi connectivity index (χ1n) is 7.21. The summed E-state index contributed by atoms with van der Waals surface area (Å²) in [6, 6.07) is 0. The first kappa shape index (κ1) is 14.1. The third-order valence-corrected chi connectivity index (χ3v) is 4.61. The fourth-order valence-corrected chi connectivity index (χ4v) is 3.41. The van der Waals surface area contributed by atoms with Gasteiger partial charge in [0.15, 0.2) is 0 Å². The lowest BCUT2D eigenvalue weighted by Crippen LogP contribution is -2.49. The van der Waals surface area contributed by atoms with E-state index in [0.29, 0.717) is 38.5 Å². The average molecular weight is 292 g/mol. The number of nitrogens with one attached hydrogen (secondary N) is 2. The van der Waals surface area contributed by atoms with Crippen LogP contribution in [0.2, 0.25) is 0 Å². The number of amides is 2. The smallest absolute Gasteiger partial charge is 0.230 e. The number of aromatic amines is 1. The Balaban J connectivity index is 1.74. The molecule has 0 saturated carbocycles. The van der Waals surface area contributed by atoms with E-state index < -0.39 is 5.41 Å². The SMILES string of the molecule is CNC(=O)[C@]12CCOC[C@H]1CN(C(=O)Cc1ncc[nH]1)C2. The van der Waals surface area contributed by atoms with Crippen LogP contribution in [0, 0.1) is 11.3 Å². The van der Waals surface area contributed by atoms with Gasteiger partial charge in [-0.3, -0.25) is 9.59 Å². The van der Waals surface area contributed by atoms with E-state index in [-0.39, 0.29) is 24.2 Å². The van der Waals surface area contributed by atoms with Crippen LogP contribution >= 0.6 is 0 Å². The van der Waals surface area contributed by atoms with Crippen molar-refractivity contribution in [1.29, 1.82) is 0 Å². The Morgan fingerprint density at radius 2 is 2.48 bits per heavy atom. The van der Waals surface area contributed by atoms with E-state index in [0.717, 1.165) is 0 Å². The zero-order valence-corrected chi connectivity index (χ0v) is 12.1. The van der Waals surface area contributed by atoms with E-state index in [1.54, 1.807) is 24.3 Å². The largest absolute Gasteiger partial charge is 0.381 e. The van der Waals surface area contributed by atoms with Gasteiger partial charge in [0.25, 0.3) is 0 Å². The van der Waals surface area contributed by atoms with Gasteiger partial charge in [-0.25, -0.2) is 4.98 Å². The molecule has 0 radical (unpaired) electrons. The number of rotatable bonds is 3. The molecule has 114 valence electrons. The molecule has 2 amide bonds. The van der Waals surface area contributed by atoms with Crippen molar-refractivity contribution in [3.63, 3.8) is 0 Å². The van der Waals surface area contributed by atoms with Crippen molar-refractivity contribution in [3.05, 3.63) is 18.2 Å². The molecule has 2 aliphatic rings. The maximum atomic E-state index is 12.4. The molecule has 21 heavy (non-hydrogen) atoms. The highest BCUT2D eigenvalue weighted by molar-refractivity contribution is 5.86. The van der Waals surface area contributed by atoms with Gasteiger partial charge in [-0.15, -0.1) is 0 Å². The lowest BCUT2D eigenvalue weighted by atomic mass is 9.73. The average Bonchev–Trinajstić information content (AvgIpc) is 3.13. The molecule has 2 saturated heterocycles. The van der Waals surface area contributed by atoms with Gasteiger partial charge in [0.05, 0.1) is 18.4 Å². The lowest BCUT2D eigenvalue weighted by Gasteiger charge is -2.36. The van der Waals surface area contributed by atoms with Crippen LogP contribution in [0.5, 0.6) is 0 Å². The van der Waals surface area contributed by atoms with Crippen LogP contribution in [0.25, 0.3) is 0 Å². The van der Waals surface area contributed by atoms with Crippen molar-refractivity contribution >= 4 is 11.8 Å². The van der Waals surface area contributed by atoms with Crippen molar-refractivity contribution in [3.8, 4) is 0 Å². The van der Waals surface area contributed by atoms with E-state index in [2.05, 4.69) is 15.3 Å². The molecule has 2 fully saturated rings. The van der Waals surface area contributed by atoms with E-state index in [9.17, 15) is 9.59 Å². The molecule has 2 N–H and O–H groups in total. The maximum Gasteiger partial charge on any atom is 0.230 e. The van der Waals surface area contributed by atoms with Crippen LogP contribution < -0.4 is 5.32 Å². The van der Waals surface area contributed by atoms with Crippen molar-refractivity contribution in [2.75, 3.05) is 33.4 Å². The Hall–Kier alpha value is -1.89. The zero-order valence-electron chi connectivity index (χ0n) is 12.1. The molecule has 0 bridgehead atoms. The molecule has 1 aromatic heterocycles. The molecular formula is C14H20N4O3. The lowest BCUT2D eigenvalue weighted by molar-refractivity contribution is -0.139. The van der Waals surface area contributed by atoms with Gasteiger partial charge in [-0.1, -0.05) is 0 Å². The first-order chi connectivity index (χ1) is 10.2. The monoisotopic (exact) mass is 292 g/mol. The van der Waals surface area contributed by atoms with Crippen LogP contribution in [-0.2, 0) is 20.7 Å². The molecule has 2 aliphatic heterocycles. The predicted octanol–water partition coefficient (Wildman–Crippen LogP) is -0.437. The highest BCUT2D eigenvalue weighted by Crippen LogP contribution is 2.42. The summed E-state index contributed by atoms with van der Waals surface area (Å²) in [7, 11) is 1.65. The van der Waals surface area contributed by atoms with Gasteiger partial charge in [-0.2, -0.15) is 0 Å². The topological polar surface area (TPSA) is 87.3 Å². The van der Waals surface area contributed by atoms with E-state index in [1.165, 1.54) is 0 Å². The number of aromatic nitrogens is 2. The minimum absolute atomic E-state index is 0.00243. The van der Waals surface area contributed by atoms with E-state index >= 15 is 0 Å². The van der Waals surface area contributed by atoms with Gasteiger partial charge < -0.3 is 19.9 Å². The number of carbonyl (C=O) groups is 2. The fraction of sp³-hybridized carbons (Fsp3) is 0.643. The Kier molecular flexibility index (Phi) is 3.67. The molecule has 3 rings (SSSR count). The second-order valence-electron chi connectivity index (χ2n) is 5.74. The molecule has 2 atom stereocenters. The van der Waals surface area contributed by atoms with Crippen LogP contribution in [0.3, 0.4) is 0 Å². The minimum atomic E-state index is -0.494. The Bertz CT molecular complexity index is 530. The molecular weight excluding hydrogens is 272 g/mol. The second kappa shape index (κ2) is 5.48. The molecule has 0 aliphatic carbocycles. The molecule has 1 aromatic rings. The summed E-state index contributed by atoms with van der Waals surface area (Å²) in [5.41, 5.74) is -0.494. The van der Waals surface area contributed by atoms with Crippen molar-refractivity contribution in [2.45, 2.75) is 12.8 Å². The molecule has 3 heterocycles. The summed E-state index contributed by atoms with van der Waals surface area (Å²) in [4.78, 5) is 33.5. The second-order valence-corrected chi connectivity index (χ2v) is 5.74. The summed E-state index contributed by atoms with van der Waals surface area (Å²) < 4.78 is 5.50. The highest BCUT2D eigenvalue weighted by Gasteiger charge is 2.54. The molecule has 0 unspecified atom stereocenters. The van der Waals surface area contributed by atoms with Gasteiger partial charge in [0, 0.05) is 45.1 Å². The van der Waals surface area contributed by atoms with Crippen molar-refractivity contribution < 1.29 is 14.3 Å². The number of likely N-dealkylation sites (tertiary alicyclic amines) is 1. The molecule has 0 spiro atoms. The standard InChI is InChI=1S/C14H20N4O3/c1-15-13(20)14-2-5-21-8-10(14)7-18(9-14)12(19)6-11-16-3-4-17-11/h3-4,10H,2,5-9H2,1H3,(H,15,20)(H,16,17)/t10-,14+/m1/s1. The summed E-state index contributed by atoms with van der Waals surface area (Å²) in [6.45, 7) is 2.16. The third-order valence-electron chi connectivity index (χ3n) is 4.61. The molecule has 0 aromatic carbocycles. The van der Waals surface area contributed by atoms with Gasteiger partial charge >= 0.3 is 0 Å². The Morgan fingerprint density at radius 3 is 3.19 bits per heavy atom. The summed E-state index contributed by atoms with van der Waals surface area (Å²) in [5, 5.41) is 2.75. The van der Waals surface area contributed by atoms with Crippen LogP contribution in [0.15, 0.2) is 12.4 Å². The Morgan fingerprint density at radius 1 is 1.62 bits per heavy atom. The van der Waals surface area contributed by atoms with E-state index in [4.69, 9.17) is 4.74 Å². The normalized spacial score (nSPS) is 28.2. The summed E-state index contributed by atoms with van der Waals surface area (Å²) in [5.74, 6) is 0.749. The number of hydrogen-bond donors (Lipinski definition) is 2.